The summed E-state index contributed by atoms with van der Waals surface area (Å²) in [5.41, 5.74) is 1.72. The van der Waals surface area contributed by atoms with Crippen molar-refractivity contribution in [2.75, 3.05) is 5.32 Å². The fourth-order valence-corrected chi connectivity index (χ4v) is 4.37. The number of nitrogens with one attached hydrogen (secondary N) is 2. The van der Waals surface area contributed by atoms with Crippen molar-refractivity contribution in [3.63, 3.8) is 0 Å². The maximum Gasteiger partial charge on any atom is 0.408 e. The molecule has 2 heterocycles. The van der Waals surface area contributed by atoms with Crippen LogP contribution in [0.3, 0.4) is 0 Å². The molecule has 0 fully saturated rings. The standard InChI is InChI=1S/C19H22F3N3O2S/c1-11(2)12(3)25-28(26,27)14-6-4-13(5-7-14)15-8-9-23-18-16(15)10-17(24-18)19(20,21)22/h4-9,11-12,17,25H,10H2,1-3H3,(H,23,24). The fourth-order valence-electron chi connectivity index (χ4n) is 2.97. The van der Waals surface area contributed by atoms with E-state index >= 15 is 0 Å². The number of pyridine rings is 1. The molecule has 1 aliphatic heterocycles. The van der Waals surface area contributed by atoms with Crippen molar-refractivity contribution < 1.29 is 21.6 Å². The molecule has 0 saturated heterocycles. The van der Waals surface area contributed by atoms with Gasteiger partial charge in [-0.2, -0.15) is 13.2 Å². The zero-order valence-corrected chi connectivity index (χ0v) is 16.5. The lowest BCUT2D eigenvalue weighted by Gasteiger charge is -2.17. The highest BCUT2D eigenvalue weighted by molar-refractivity contribution is 7.89. The lowest BCUT2D eigenvalue weighted by atomic mass is 9.99. The van der Waals surface area contributed by atoms with E-state index in [1.54, 1.807) is 25.1 Å². The number of fused-ring (bicyclic) bond motifs is 1. The van der Waals surface area contributed by atoms with Crippen molar-refractivity contribution in [2.24, 2.45) is 5.92 Å². The maximum atomic E-state index is 13.0. The Labute approximate surface area is 162 Å². The molecule has 0 radical (unpaired) electrons. The molecule has 1 aliphatic rings. The minimum atomic E-state index is -4.37. The summed E-state index contributed by atoms with van der Waals surface area (Å²) in [7, 11) is -3.67. The smallest absolute Gasteiger partial charge is 0.358 e. The maximum absolute atomic E-state index is 13.0. The second-order valence-electron chi connectivity index (χ2n) is 7.31. The van der Waals surface area contributed by atoms with E-state index < -0.39 is 22.2 Å². The molecule has 2 N–H and O–H groups in total. The molecule has 0 spiro atoms. The highest BCUT2D eigenvalue weighted by Crippen LogP contribution is 2.38. The van der Waals surface area contributed by atoms with Gasteiger partial charge >= 0.3 is 6.18 Å². The first-order valence-electron chi connectivity index (χ1n) is 8.93. The van der Waals surface area contributed by atoms with E-state index in [0.29, 0.717) is 16.7 Å². The fraction of sp³-hybridized carbons (Fsp3) is 0.421. The molecule has 1 aromatic heterocycles. The van der Waals surface area contributed by atoms with Gasteiger partial charge in [-0.1, -0.05) is 26.0 Å². The molecule has 28 heavy (non-hydrogen) atoms. The summed E-state index contributed by atoms with van der Waals surface area (Å²) < 4.78 is 66.7. The second kappa shape index (κ2) is 7.36. The second-order valence-corrected chi connectivity index (χ2v) is 9.02. The number of sulfonamides is 1. The predicted molar refractivity (Wildman–Crippen MR) is 101 cm³/mol. The van der Waals surface area contributed by atoms with E-state index in [2.05, 4.69) is 15.0 Å². The normalized spacial score (nSPS) is 18.0. The summed E-state index contributed by atoms with van der Waals surface area (Å²) in [6, 6.07) is 5.87. The number of halogens is 3. The van der Waals surface area contributed by atoms with Gasteiger partial charge in [0.2, 0.25) is 10.0 Å². The number of anilines is 1. The van der Waals surface area contributed by atoms with E-state index in [1.165, 1.54) is 18.3 Å². The van der Waals surface area contributed by atoms with Crippen LogP contribution in [0.15, 0.2) is 41.4 Å². The first-order valence-corrected chi connectivity index (χ1v) is 10.4. The van der Waals surface area contributed by atoms with Crippen molar-refractivity contribution in [3.05, 3.63) is 42.1 Å². The molecule has 0 bridgehead atoms. The number of nitrogens with zero attached hydrogens (tertiary/aromatic N) is 1. The SMILES string of the molecule is CC(C)C(C)NS(=O)(=O)c1ccc(-c2ccnc3c2CC(C(F)(F)F)N3)cc1. The topological polar surface area (TPSA) is 71.1 Å². The lowest BCUT2D eigenvalue weighted by Crippen LogP contribution is -2.36. The van der Waals surface area contributed by atoms with Crippen molar-refractivity contribution in [1.29, 1.82) is 0 Å². The van der Waals surface area contributed by atoms with Crippen LogP contribution in [-0.4, -0.2) is 31.7 Å². The minimum absolute atomic E-state index is 0.112. The van der Waals surface area contributed by atoms with E-state index in [0.717, 1.165) is 0 Å². The predicted octanol–water partition coefficient (Wildman–Crippen LogP) is 3.97. The molecule has 2 unspecified atom stereocenters. The van der Waals surface area contributed by atoms with Gasteiger partial charge in [0.1, 0.15) is 11.9 Å². The van der Waals surface area contributed by atoms with Gasteiger partial charge in [0, 0.05) is 24.2 Å². The van der Waals surface area contributed by atoms with Crippen LogP contribution in [-0.2, 0) is 16.4 Å². The molecule has 0 aliphatic carbocycles. The Kier molecular flexibility index (Phi) is 5.42. The Bertz CT molecular complexity index is 957. The summed E-state index contributed by atoms with van der Waals surface area (Å²) in [6.45, 7) is 5.63. The highest BCUT2D eigenvalue weighted by atomic mass is 32.2. The number of hydrogen-bond donors (Lipinski definition) is 2. The van der Waals surface area contributed by atoms with E-state index in [9.17, 15) is 21.6 Å². The van der Waals surface area contributed by atoms with Crippen molar-refractivity contribution >= 4 is 15.8 Å². The summed E-state index contributed by atoms with van der Waals surface area (Å²) >= 11 is 0. The molecule has 152 valence electrons. The molecule has 9 heteroatoms. The van der Waals surface area contributed by atoms with Crippen LogP contribution in [0.2, 0.25) is 0 Å². The molecule has 3 rings (SSSR count). The third kappa shape index (κ3) is 4.15. The van der Waals surface area contributed by atoms with E-state index in [-0.39, 0.29) is 29.1 Å². The number of aromatic nitrogens is 1. The molecular weight excluding hydrogens is 391 g/mol. The van der Waals surface area contributed by atoms with Crippen LogP contribution in [0.1, 0.15) is 26.3 Å². The van der Waals surface area contributed by atoms with Crippen LogP contribution in [0, 0.1) is 5.92 Å². The summed E-state index contributed by atoms with van der Waals surface area (Å²) in [4.78, 5) is 4.11. The van der Waals surface area contributed by atoms with Gasteiger partial charge in [0.15, 0.2) is 0 Å². The van der Waals surface area contributed by atoms with Gasteiger partial charge in [-0.3, -0.25) is 0 Å². The van der Waals surface area contributed by atoms with E-state index in [4.69, 9.17) is 0 Å². The van der Waals surface area contributed by atoms with Crippen molar-refractivity contribution in [3.8, 4) is 11.1 Å². The van der Waals surface area contributed by atoms with Crippen LogP contribution >= 0.6 is 0 Å². The first-order chi connectivity index (χ1) is 13.0. The Morgan fingerprint density at radius 2 is 1.79 bits per heavy atom. The van der Waals surface area contributed by atoms with Gasteiger partial charge in [-0.25, -0.2) is 18.1 Å². The van der Waals surface area contributed by atoms with Crippen LogP contribution in [0.5, 0.6) is 0 Å². The lowest BCUT2D eigenvalue weighted by molar-refractivity contribution is -0.140. The zero-order valence-electron chi connectivity index (χ0n) is 15.7. The molecule has 2 aromatic rings. The minimum Gasteiger partial charge on any atom is -0.358 e. The molecular formula is C19H22F3N3O2S. The Morgan fingerprint density at radius 1 is 1.14 bits per heavy atom. The molecule has 1 aromatic carbocycles. The third-order valence-electron chi connectivity index (χ3n) is 4.99. The number of alkyl halides is 3. The number of benzene rings is 1. The monoisotopic (exact) mass is 413 g/mol. The Balaban J connectivity index is 1.88. The number of rotatable bonds is 5. The third-order valence-corrected chi connectivity index (χ3v) is 6.56. The summed E-state index contributed by atoms with van der Waals surface area (Å²) in [5.74, 6) is 0.353. The first kappa shape index (κ1) is 20.6. The average molecular weight is 413 g/mol. The molecule has 0 saturated carbocycles. The molecule has 0 amide bonds. The van der Waals surface area contributed by atoms with Crippen molar-refractivity contribution in [1.82, 2.24) is 9.71 Å². The van der Waals surface area contributed by atoms with Crippen LogP contribution in [0.25, 0.3) is 11.1 Å². The Morgan fingerprint density at radius 3 is 2.36 bits per heavy atom. The van der Waals surface area contributed by atoms with Crippen LogP contribution < -0.4 is 10.0 Å². The molecule has 5 nitrogen and oxygen atoms in total. The van der Waals surface area contributed by atoms with E-state index in [1.807, 2.05) is 13.8 Å². The highest BCUT2D eigenvalue weighted by Gasteiger charge is 2.44. The Hall–Kier alpha value is -2.13. The average Bonchev–Trinajstić information content (AvgIpc) is 3.06. The van der Waals surface area contributed by atoms with Gasteiger partial charge in [0.05, 0.1) is 4.90 Å². The van der Waals surface area contributed by atoms with Gasteiger partial charge in [0.25, 0.3) is 0 Å². The van der Waals surface area contributed by atoms with Gasteiger partial charge in [-0.05, 0) is 42.2 Å². The molecule has 2 atom stereocenters. The number of hydrogen-bond acceptors (Lipinski definition) is 4. The summed E-state index contributed by atoms with van der Waals surface area (Å²) in [6.07, 6.45) is -3.14. The quantitative estimate of drug-likeness (QED) is 0.778. The largest absolute Gasteiger partial charge is 0.408 e. The van der Waals surface area contributed by atoms with Gasteiger partial charge < -0.3 is 5.32 Å². The van der Waals surface area contributed by atoms with Crippen molar-refractivity contribution in [2.45, 2.75) is 50.3 Å². The van der Waals surface area contributed by atoms with Gasteiger partial charge in [-0.15, -0.1) is 0 Å². The zero-order chi connectivity index (χ0) is 20.7. The van der Waals surface area contributed by atoms with Crippen LogP contribution in [0.4, 0.5) is 19.0 Å². The summed E-state index contributed by atoms with van der Waals surface area (Å²) in [5, 5.41) is 2.41.